The van der Waals surface area contributed by atoms with E-state index < -0.39 is 29.7 Å². The van der Waals surface area contributed by atoms with Crippen LogP contribution in [0, 0.1) is 17.8 Å². The molecule has 2 saturated carbocycles. The Morgan fingerprint density at radius 3 is 2.65 bits per heavy atom. The second kappa shape index (κ2) is 6.48. The maximum atomic E-state index is 12.8. The summed E-state index contributed by atoms with van der Waals surface area (Å²) in [6.07, 6.45) is -3.63. The zero-order chi connectivity index (χ0) is 18.5. The third kappa shape index (κ3) is 3.05. The van der Waals surface area contributed by atoms with Crippen LogP contribution in [0.2, 0.25) is 0 Å². The molecule has 2 aliphatic carbocycles. The monoisotopic (exact) mass is 372 g/mol. The Labute approximate surface area is 149 Å². The molecule has 1 aromatic rings. The van der Waals surface area contributed by atoms with Crippen molar-refractivity contribution in [1.82, 2.24) is 0 Å². The van der Waals surface area contributed by atoms with Crippen molar-refractivity contribution in [3.05, 3.63) is 35.4 Å². The first-order chi connectivity index (χ1) is 12.3. The van der Waals surface area contributed by atoms with Crippen molar-refractivity contribution in [2.24, 2.45) is 17.8 Å². The first kappa shape index (κ1) is 18.2. The summed E-state index contributed by atoms with van der Waals surface area (Å²) in [6.45, 7) is 1.16. The second-order valence-corrected chi connectivity index (χ2v) is 7.67. The Morgan fingerprint density at radius 1 is 1.23 bits per heavy atom. The SMILES string of the molecule is OC(CCC1C(O)CC2C1CC21OCCO1)c1cccc(C(F)(F)F)c1. The molecule has 1 aliphatic heterocycles. The molecule has 4 rings (SSSR count). The summed E-state index contributed by atoms with van der Waals surface area (Å²) in [6, 6.07) is 4.81. The van der Waals surface area contributed by atoms with Crippen molar-refractivity contribution < 1.29 is 32.9 Å². The standard InChI is InChI=1S/C19H23F3O4/c20-19(21,22)12-3-1-2-11(8-12)16(23)5-4-13-14-10-18(25-6-7-26-18)15(14)9-17(13)24/h1-3,8,13-17,23-24H,4-7,9-10H2. The Kier molecular flexibility index (Phi) is 4.54. The minimum absolute atomic E-state index is 0.0267. The topological polar surface area (TPSA) is 58.9 Å². The molecule has 0 amide bonds. The van der Waals surface area contributed by atoms with Crippen molar-refractivity contribution in [3.8, 4) is 0 Å². The van der Waals surface area contributed by atoms with Gasteiger partial charge in [0.25, 0.3) is 0 Å². The number of halogens is 3. The Bertz CT molecular complexity index is 656. The minimum atomic E-state index is -4.42. The van der Waals surface area contributed by atoms with Gasteiger partial charge in [-0.2, -0.15) is 13.2 Å². The zero-order valence-corrected chi connectivity index (χ0v) is 14.3. The van der Waals surface area contributed by atoms with Crippen LogP contribution in [0.1, 0.15) is 42.9 Å². The Hall–Kier alpha value is -1.15. The van der Waals surface area contributed by atoms with E-state index in [-0.39, 0.29) is 23.3 Å². The molecule has 2 N–H and O–H groups in total. The van der Waals surface area contributed by atoms with Gasteiger partial charge in [-0.05, 0) is 48.8 Å². The van der Waals surface area contributed by atoms with Crippen LogP contribution >= 0.6 is 0 Å². The third-order valence-corrected chi connectivity index (χ3v) is 6.29. The molecule has 1 aromatic carbocycles. The van der Waals surface area contributed by atoms with E-state index in [0.29, 0.717) is 32.5 Å². The lowest BCUT2D eigenvalue weighted by atomic mass is 9.66. The number of aliphatic hydroxyl groups excluding tert-OH is 2. The van der Waals surface area contributed by atoms with E-state index >= 15 is 0 Å². The predicted molar refractivity (Wildman–Crippen MR) is 86.0 cm³/mol. The highest BCUT2D eigenvalue weighted by molar-refractivity contribution is 5.27. The number of rotatable bonds is 4. The molecule has 7 heteroatoms. The van der Waals surface area contributed by atoms with Crippen LogP contribution in [0.25, 0.3) is 0 Å². The fraction of sp³-hybridized carbons (Fsp3) is 0.684. The number of benzene rings is 1. The lowest BCUT2D eigenvalue weighted by Gasteiger charge is -2.49. The van der Waals surface area contributed by atoms with Crippen molar-refractivity contribution >= 4 is 0 Å². The lowest BCUT2D eigenvalue weighted by Crippen LogP contribution is -2.53. The number of alkyl halides is 3. The Morgan fingerprint density at radius 2 is 1.96 bits per heavy atom. The van der Waals surface area contributed by atoms with Gasteiger partial charge in [-0.25, -0.2) is 0 Å². The Balaban J connectivity index is 1.37. The van der Waals surface area contributed by atoms with Gasteiger partial charge in [-0.1, -0.05) is 12.1 Å². The first-order valence-electron chi connectivity index (χ1n) is 9.11. The van der Waals surface area contributed by atoms with Crippen LogP contribution in [0.5, 0.6) is 0 Å². The van der Waals surface area contributed by atoms with Crippen LogP contribution in [-0.2, 0) is 15.7 Å². The smallest absolute Gasteiger partial charge is 0.393 e. The largest absolute Gasteiger partial charge is 0.416 e. The molecule has 3 fully saturated rings. The minimum Gasteiger partial charge on any atom is -0.393 e. The van der Waals surface area contributed by atoms with Crippen molar-refractivity contribution in [3.63, 3.8) is 0 Å². The maximum Gasteiger partial charge on any atom is 0.416 e. The molecule has 5 atom stereocenters. The van der Waals surface area contributed by atoms with E-state index in [2.05, 4.69) is 0 Å². The number of fused-ring (bicyclic) bond motifs is 2. The van der Waals surface area contributed by atoms with Gasteiger partial charge in [0.05, 0.1) is 31.0 Å². The molecule has 0 bridgehead atoms. The highest BCUT2D eigenvalue weighted by atomic mass is 19.4. The quantitative estimate of drug-likeness (QED) is 0.852. The molecular formula is C19H23F3O4. The van der Waals surface area contributed by atoms with Crippen LogP contribution in [0.15, 0.2) is 24.3 Å². The van der Waals surface area contributed by atoms with E-state index in [0.717, 1.165) is 18.6 Å². The molecule has 3 aliphatic rings. The number of hydrogen-bond acceptors (Lipinski definition) is 4. The zero-order valence-electron chi connectivity index (χ0n) is 14.3. The number of hydrogen-bond donors (Lipinski definition) is 2. The van der Waals surface area contributed by atoms with Gasteiger partial charge in [0, 0.05) is 12.3 Å². The van der Waals surface area contributed by atoms with Gasteiger partial charge >= 0.3 is 6.18 Å². The van der Waals surface area contributed by atoms with Crippen molar-refractivity contribution in [2.75, 3.05) is 13.2 Å². The van der Waals surface area contributed by atoms with Crippen LogP contribution in [0.4, 0.5) is 13.2 Å². The van der Waals surface area contributed by atoms with Gasteiger partial charge in [-0.3, -0.25) is 0 Å². The highest BCUT2D eigenvalue weighted by Gasteiger charge is 2.64. The van der Waals surface area contributed by atoms with E-state index in [4.69, 9.17) is 9.47 Å². The lowest BCUT2D eigenvalue weighted by molar-refractivity contribution is -0.272. The summed E-state index contributed by atoms with van der Waals surface area (Å²) in [4.78, 5) is 0. The predicted octanol–water partition coefficient (Wildman–Crippen LogP) is 3.28. The van der Waals surface area contributed by atoms with Gasteiger partial charge in [0.1, 0.15) is 0 Å². The average molecular weight is 372 g/mol. The van der Waals surface area contributed by atoms with Gasteiger partial charge in [0.15, 0.2) is 5.79 Å². The van der Waals surface area contributed by atoms with E-state index in [9.17, 15) is 23.4 Å². The third-order valence-electron chi connectivity index (χ3n) is 6.29. The summed E-state index contributed by atoms with van der Waals surface area (Å²) >= 11 is 0. The molecule has 144 valence electrons. The molecule has 4 nitrogen and oxygen atoms in total. The average Bonchev–Trinajstić information content (AvgIpc) is 3.18. The molecule has 26 heavy (non-hydrogen) atoms. The molecule has 1 saturated heterocycles. The van der Waals surface area contributed by atoms with Crippen LogP contribution < -0.4 is 0 Å². The van der Waals surface area contributed by atoms with Crippen molar-refractivity contribution in [2.45, 2.75) is 49.9 Å². The van der Waals surface area contributed by atoms with E-state index in [1.807, 2.05) is 0 Å². The summed E-state index contributed by atoms with van der Waals surface area (Å²) in [5, 5.41) is 20.7. The number of ether oxygens (including phenoxy) is 2. The fourth-order valence-electron chi connectivity index (χ4n) is 4.96. The van der Waals surface area contributed by atoms with Crippen molar-refractivity contribution in [1.29, 1.82) is 0 Å². The summed E-state index contributed by atoms with van der Waals surface area (Å²) in [5.41, 5.74) is -0.497. The van der Waals surface area contributed by atoms with Crippen LogP contribution in [-0.4, -0.2) is 35.3 Å². The van der Waals surface area contributed by atoms with Gasteiger partial charge in [0.2, 0.25) is 0 Å². The first-order valence-corrected chi connectivity index (χ1v) is 9.11. The van der Waals surface area contributed by atoms with Gasteiger partial charge in [-0.15, -0.1) is 0 Å². The maximum absolute atomic E-state index is 12.8. The summed E-state index contributed by atoms with van der Waals surface area (Å²) < 4.78 is 49.9. The number of aliphatic hydroxyl groups is 2. The molecule has 5 unspecified atom stereocenters. The van der Waals surface area contributed by atoms with E-state index in [1.165, 1.54) is 12.1 Å². The van der Waals surface area contributed by atoms with Gasteiger partial charge < -0.3 is 19.7 Å². The molecule has 0 radical (unpaired) electrons. The molecular weight excluding hydrogens is 349 g/mol. The molecule has 1 spiro atoms. The fourth-order valence-corrected chi connectivity index (χ4v) is 4.96. The highest BCUT2D eigenvalue weighted by Crippen LogP contribution is 2.60. The summed E-state index contributed by atoms with van der Waals surface area (Å²) in [5.74, 6) is -0.0357. The second-order valence-electron chi connectivity index (χ2n) is 7.67. The molecule has 0 aromatic heterocycles. The normalized spacial score (nSPS) is 33.9. The van der Waals surface area contributed by atoms with E-state index in [1.54, 1.807) is 0 Å². The summed E-state index contributed by atoms with van der Waals surface area (Å²) in [7, 11) is 0. The van der Waals surface area contributed by atoms with Crippen LogP contribution in [0.3, 0.4) is 0 Å². The molecule has 1 heterocycles.